The summed E-state index contributed by atoms with van der Waals surface area (Å²) in [7, 11) is 1.66. The molecule has 1 saturated carbocycles. The first-order valence-corrected chi connectivity index (χ1v) is 7.61. The van der Waals surface area contributed by atoms with E-state index >= 15 is 0 Å². The van der Waals surface area contributed by atoms with Crippen LogP contribution in [-0.2, 0) is 4.84 Å². The Labute approximate surface area is 131 Å². The molecule has 1 aromatic rings. The van der Waals surface area contributed by atoms with Crippen LogP contribution in [0.1, 0.15) is 44.6 Å². The lowest BCUT2D eigenvalue weighted by molar-refractivity contribution is -0.567. The normalized spacial score (nSPS) is 22.6. The van der Waals surface area contributed by atoms with E-state index in [1.54, 1.807) is 21.0 Å². The van der Waals surface area contributed by atoms with Crippen molar-refractivity contribution < 1.29 is 14.4 Å². The van der Waals surface area contributed by atoms with E-state index < -0.39 is 5.54 Å². The number of nitrogens with zero attached hydrogens (tertiary/aromatic N) is 2. The molecule has 0 aliphatic heterocycles. The van der Waals surface area contributed by atoms with Crippen molar-refractivity contribution in [2.45, 2.75) is 50.7 Å². The standard InChI is InChI=1S/C16H25N3O3/c1-16(2,17)11-19(20)18-22-15-9-6-13(10-15)12-4-7-14(21-3)8-5-12/h4-5,7-8,13,15H,6,9-11,17H2,1-3H3/b19-18-/t13-,15-/m1/s1. The number of ether oxygens (including phenoxy) is 1. The van der Waals surface area contributed by atoms with Gasteiger partial charge in [0.15, 0.2) is 5.28 Å². The molecule has 1 aliphatic rings. The summed E-state index contributed by atoms with van der Waals surface area (Å²) >= 11 is 0. The van der Waals surface area contributed by atoms with E-state index in [4.69, 9.17) is 15.3 Å². The zero-order valence-corrected chi connectivity index (χ0v) is 13.5. The zero-order chi connectivity index (χ0) is 16.2. The lowest BCUT2D eigenvalue weighted by atomic mass is 9.98. The Bertz CT molecular complexity index is 508. The summed E-state index contributed by atoms with van der Waals surface area (Å²) in [6.45, 7) is 3.67. The van der Waals surface area contributed by atoms with E-state index in [0.717, 1.165) is 25.0 Å². The molecule has 122 valence electrons. The van der Waals surface area contributed by atoms with Crippen LogP contribution in [0.5, 0.6) is 5.75 Å². The van der Waals surface area contributed by atoms with Crippen molar-refractivity contribution in [2.24, 2.45) is 11.0 Å². The first kappa shape index (κ1) is 16.5. The van der Waals surface area contributed by atoms with Crippen molar-refractivity contribution in [2.75, 3.05) is 13.7 Å². The van der Waals surface area contributed by atoms with Crippen LogP contribution in [0.4, 0.5) is 0 Å². The Hall–Kier alpha value is -1.82. The molecule has 1 aliphatic carbocycles. The van der Waals surface area contributed by atoms with Gasteiger partial charge in [-0.2, -0.15) is 0 Å². The lowest BCUT2D eigenvalue weighted by Crippen LogP contribution is -2.40. The maximum absolute atomic E-state index is 11.6. The SMILES string of the molecule is COc1ccc([C@@H]2CC[C@@H](O/N=[N+](\[O-])CC(C)(C)N)C2)cc1. The number of methoxy groups -OCH3 is 1. The average Bonchev–Trinajstić information content (AvgIpc) is 2.92. The third kappa shape index (κ3) is 4.87. The van der Waals surface area contributed by atoms with Crippen molar-refractivity contribution in [3.8, 4) is 5.75 Å². The molecular weight excluding hydrogens is 282 g/mol. The summed E-state index contributed by atoms with van der Waals surface area (Å²) in [6.07, 6.45) is 2.80. The minimum Gasteiger partial charge on any atom is -0.597 e. The van der Waals surface area contributed by atoms with Crippen molar-refractivity contribution >= 4 is 0 Å². The van der Waals surface area contributed by atoms with Crippen LogP contribution < -0.4 is 10.5 Å². The number of hydroxylamine groups is 1. The second kappa shape index (κ2) is 6.96. The third-order valence-electron chi connectivity index (χ3n) is 3.80. The highest BCUT2D eigenvalue weighted by molar-refractivity contribution is 5.29. The van der Waals surface area contributed by atoms with Gasteiger partial charge in [0.05, 0.1) is 12.6 Å². The minimum atomic E-state index is -0.587. The Morgan fingerprint density at radius 2 is 2.00 bits per heavy atom. The number of hydrogen-bond acceptors (Lipinski definition) is 5. The number of rotatable bonds is 6. The van der Waals surface area contributed by atoms with Gasteiger partial charge in [-0.15, -0.1) is 0 Å². The van der Waals surface area contributed by atoms with Gasteiger partial charge in [-0.05, 0) is 56.7 Å². The molecular formula is C16H25N3O3. The van der Waals surface area contributed by atoms with Crippen LogP contribution in [0.2, 0.25) is 0 Å². The summed E-state index contributed by atoms with van der Waals surface area (Å²) in [4.78, 5) is 5.89. The quantitative estimate of drug-likeness (QED) is 0.497. The van der Waals surface area contributed by atoms with Crippen LogP contribution in [0.3, 0.4) is 0 Å². The first-order valence-electron chi connectivity index (χ1n) is 7.61. The second-order valence-electron chi connectivity index (χ2n) is 6.59. The number of nitrogens with two attached hydrogens (primary N) is 1. The predicted molar refractivity (Wildman–Crippen MR) is 83.6 cm³/mol. The fraction of sp³-hybridized carbons (Fsp3) is 0.625. The maximum Gasteiger partial charge on any atom is 0.201 e. The van der Waals surface area contributed by atoms with E-state index in [0.29, 0.717) is 10.8 Å². The van der Waals surface area contributed by atoms with Gasteiger partial charge < -0.3 is 20.5 Å². The van der Waals surface area contributed by atoms with Crippen LogP contribution in [-0.4, -0.2) is 30.2 Å². The van der Waals surface area contributed by atoms with E-state index in [1.807, 2.05) is 12.1 Å². The minimum absolute atomic E-state index is 0.00978. The van der Waals surface area contributed by atoms with Gasteiger partial charge in [0.25, 0.3) is 0 Å². The van der Waals surface area contributed by atoms with Crippen LogP contribution in [0, 0.1) is 5.21 Å². The molecule has 6 nitrogen and oxygen atoms in total. The highest BCUT2D eigenvalue weighted by Crippen LogP contribution is 2.36. The molecule has 0 amide bonds. The van der Waals surface area contributed by atoms with Crippen molar-refractivity contribution in [3.63, 3.8) is 0 Å². The Balaban J connectivity index is 1.86. The topological polar surface area (TPSA) is 82.9 Å². The third-order valence-corrected chi connectivity index (χ3v) is 3.80. The van der Waals surface area contributed by atoms with Crippen LogP contribution >= 0.6 is 0 Å². The largest absolute Gasteiger partial charge is 0.597 e. The summed E-state index contributed by atoms with van der Waals surface area (Å²) in [5, 5.41) is 15.2. The van der Waals surface area contributed by atoms with Gasteiger partial charge in [-0.3, -0.25) is 0 Å². The van der Waals surface area contributed by atoms with Crippen molar-refractivity contribution in [1.82, 2.24) is 0 Å². The fourth-order valence-corrected chi connectivity index (χ4v) is 2.71. The molecule has 22 heavy (non-hydrogen) atoms. The molecule has 1 aromatic carbocycles. The van der Waals surface area contributed by atoms with E-state index in [-0.39, 0.29) is 12.6 Å². The summed E-state index contributed by atoms with van der Waals surface area (Å²) < 4.78 is 5.17. The van der Waals surface area contributed by atoms with Gasteiger partial charge in [0.2, 0.25) is 6.54 Å². The first-order chi connectivity index (χ1) is 10.4. The van der Waals surface area contributed by atoms with Crippen LogP contribution in [0.25, 0.3) is 0 Å². The smallest absolute Gasteiger partial charge is 0.201 e. The van der Waals surface area contributed by atoms with Crippen molar-refractivity contribution in [1.29, 1.82) is 0 Å². The highest BCUT2D eigenvalue weighted by atomic mass is 16.7. The van der Waals surface area contributed by atoms with Gasteiger partial charge >= 0.3 is 0 Å². The van der Waals surface area contributed by atoms with Gasteiger partial charge in [-0.25, -0.2) is 0 Å². The molecule has 0 unspecified atom stereocenters. The molecule has 0 spiro atoms. The van der Waals surface area contributed by atoms with Crippen molar-refractivity contribution in [3.05, 3.63) is 35.0 Å². The number of hydrogen-bond donors (Lipinski definition) is 1. The molecule has 0 radical (unpaired) electrons. The Morgan fingerprint density at radius 3 is 2.59 bits per heavy atom. The molecule has 2 rings (SSSR count). The molecule has 6 heteroatoms. The summed E-state index contributed by atoms with van der Waals surface area (Å²) in [6, 6.07) is 8.10. The van der Waals surface area contributed by atoms with Gasteiger partial charge in [0, 0.05) is 0 Å². The zero-order valence-electron chi connectivity index (χ0n) is 13.5. The second-order valence-corrected chi connectivity index (χ2v) is 6.59. The van der Waals surface area contributed by atoms with E-state index in [1.165, 1.54) is 5.56 Å². The number of benzene rings is 1. The van der Waals surface area contributed by atoms with Gasteiger partial charge in [0.1, 0.15) is 11.9 Å². The monoisotopic (exact) mass is 307 g/mol. The van der Waals surface area contributed by atoms with Crippen LogP contribution in [0.15, 0.2) is 29.5 Å². The fourth-order valence-electron chi connectivity index (χ4n) is 2.71. The Morgan fingerprint density at radius 1 is 1.32 bits per heavy atom. The lowest BCUT2D eigenvalue weighted by Gasteiger charge is -2.15. The van der Waals surface area contributed by atoms with E-state index in [9.17, 15) is 5.21 Å². The van der Waals surface area contributed by atoms with E-state index in [2.05, 4.69) is 17.4 Å². The molecule has 0 heterocycles. The maximum atomic E-state index is 11.6. The molecule has 0 bridgehead atoms. The molecule has 2 N–H and O–H groups in total. The summed E-state index contributed by atoms with van der Waals surface area (Å²) in [5.41, 5.74) is 6.46. The predicted octanol–water partition coefficient (Wildman–Crippen LogP) is 2.96. The molecule has 0 saturated heterocycles. The molecule has 1 fully saturated rings. The molecule has 2 atom stereocenters. The van der Waals surface area contributed by atoms with Gasteiger partial charge in [-0.1, -0.05) is 17.0 Å². The Kier molecular flexibility index (Phi) is 5.24. The average molecular weight is 307 g/mol. The molecule has 0 aromatic heterocycles. The highest BCUT2D eigenvalue weighted by Gasteiger charge is 2.28. The summed E-state index contributed by atoms with van der Waals surface area (Å²) in [5.74, 6) is 1.30.